The molecule has 0 amide bonds. The molecule has 118 valence electrons. The lowest BCUT2D eigenvalue weighted by Gasteiger charge is -2.31. The molecule has 8 heteroatoms. The summed E-state index contributed by atoms with van der Waals surface area (Å²) < 4.78 is 7.62. The molecule has 1 atom stereocenters. The molecular weight excluding hydrogens is 312 g/mol. The Bertz CT molecular complexity index is 744. The molecule has 0 radical (unpaired) electrons. The second-order valence-corrected chi connectivity index (χ2v) is 6.23. The van der Waals surface area contributed by atoms with Gasteiger partial charge in [-0.15, -0.1) is 16.4 Å². The molecule has 23 heavy (non-hydrogen) atoms. The number of tetrazole rings is 1. The van der Waals surface area contributed by atoms with E-state index in [1.54, 1.807) is 16.0 Å². The van der Waals surface area contributed by atoms with Crippen LogP contribution in [0.5, 0.6) is 0 Å². The topological polar surface area (TPSA) is 69.0 Å². The fourth-order valence-electron chi connectivity index (χ4n) is 2.66. The molecule has 1 fully saturated rings. The van der Waals surface area contributed by atoms with Gasteiger partial charge in [-0.3, -0.25) is 4.90 Å². The molecule has 4 rings (SSSR count). The smallest absolute Gasteiger partial charge is 0.170 e. The van der Waals surface area contributed by atoms with Gasteiger partial charge in [-0.25, -0.2) is 4.98 Å². The van der Waals surface area contributed by atoms with E-state index in [0.717, 1.165) is 29.6 Å². The van der Waals surface area contributed by atoms with Gasteiger partial charge in [-0.05, 0) is 22.6 Å². The molecular formula is C15H16N6OS. The van der Waals surface area contributed by atoms with Gasteiger partial charge >= 0.3 is 0 Å². The molecule has 2 aromatic heterocycles. The molecule has 3 aromatic rings. The number of hydrogen-bond donors (Lipinski definition) is 0. The van der Waals surface area contributed by atoms with Gasteiger partial charge < -0.3 is 4.74 Å². The summed E-state index contributed by atoms with van der Waals surface area (Å²) >= 11 is 1.63. The van der Waals surface area contributed by atoms with Crippen LogP contribution in [-0.2, 0) is 11.3 Å². The number of ether oxygens (including phenoxy) is 1. The molecule has 1 aliphatic heterocycles. The van der Waals surface area contributed by atoms with Crippen molar-refractivity contribution in [2.24, 2.45) is 0 Å². The van der Waals surface area contributed by atoms with Gasteiger partial charge in [0.2, 0.25) is 0 Å². The number of rotatable bonds is 4. The summed E-state index contributed by atoms with van der Waals surface area (Å²) in [5.74, 6) is 0.830. The average molecular weight is 328 g/mol. The Labute approximate surface area is 137 Å². The van der Waals surface area contributed by atoms with Crippen LogP contribution < -0.4 is 0 Å². The lowest BCUT2D eigenvalue weighted by molar-refractivity contribution is -0.0339. The number of aromatic nitrogens is 5. The van der Waals surface area contributed by atoms with Crippen molar-refractivity contribution >= 4 is 11.3 Å². The van der Waals surface area contributed by atoms with E-state index in [4.69, 9.17) is 4.74 Å². The first-order valence-electron chi connectivity index (χ1n) is 7.46. The Kier molecular flexibility index (Phi) is 4.10. The van der Waals surface area contributed by atoms with Crippen LogP contribution in [0.1, 0.15) is 16.9 Å². The van der Waals surface area contributed by atoms with Crippen molar-refractivity contribution in [3.8, 4) is 5.69 Å². The molecule has 0 bridgehead atoms. The number of thiazole rings is 1. The molecule has 0 saturated carbocycles. The maximum atomic E-state index is 5.83. The Morgan fingerprint density at radius 1 is 1.26 bits per heavy atom. The maximum Gasteiger partial charge on any atom is 0.170 e. The standard InChI is InChI=1S/C15H16N6OS/c1-2-4-12(5-3-1)21-14(17-18-19-21)11-20-7-8-22-13(10-20)15-16-6-9-23-15/h1-6,9,13H,7-8,10-11H2. The summed E-state index contributed by atoms with van der Waals surface area (Å²) in [6, 6.07) is 9.94. The van der Waals surface area contributed by atoms with Crippen LogP contribution in [0.15, 0.2) is 41.9 Å². The van der Waals surface area contributed by atoms with Crippen LogP contribution in [0.25, 0.3) is 5.69 Å². The van der Waals surface area contributed by atoms with E-state index < -0.39 is 0 Å². The highest BCUT2D eigenvalue weighted by Gasteiger charge is 2.25. The number of hydrogen-bond acceptors (Lipinski definition) is 7. The second kappa shape index (κ2) is 6.53. The SMILES string of the molecule is c1ccc(-n2nnnc2CN2CCOC(c3nccs3)C2)cc1. The molecule has 0 N–H and O–H groups in total. The van der Waals surface area contributed by atoms with Crippen LogP contribution in [0, 0.1) is 0 Å². The van der Waals surface area contributed by atoms with E-state index in [0.29, 0.717) is 13.2 Å². The van der Waals surface area contributed by atoms with Crippen LogP contribution in [0.2, 0.25) is 0 Å². The summed E-state index contributed by atoms with van der Waals surface area (Å²) in [5.41, 5.74) is 0.970. The minimum atomic E-state index is 0.0322. The molecule has 1 unspecified atom stereocenters. The summed E-state index contributed by atoms with van der Waals surface area (Å²) in [6.45, 7) is 3.04. The highest BCUT2D eigenvalue weighted by atomic mass is 32.1. The quantitative estimate of drug-likeness (QED) is 0.726. The summed E-state index contributed by atoms with van der Waals surface area (Å²) in [4.78, 5) is 6.66. The van der Waals surface area contributed by atoms with E-state index in [1.807, 2.05) is 41.9 Å². The molecule has 7 nitrogen and oxygen atoms in total. The van der Waals surface area contributed by atoms with Crippen LogP contribution in [0.4, 0.5) is 0 Å². The molecule has 1 aliphatic rings. The number of para-hydroxylation sites is 1. The van der Waals surface area contributed by atoms with E-state index in [2.05, 4.69) is 25.4 Å². The van der Waals surface area contributed by atoms with Crippen LogP contribution in [-0.4, -0.2) is 49.8 Å². The normalized spacial score (nSPS) is 19.0. The molecule has 0 aliphatic carbocycles. The first-order valence-corrected chi connectivity index (χ1v) is 8.34. The van der Waals surface area contributed by atoms with Crippen molar-refractivity contribution in [1.29, 1.82) is 0 Å². The molecule has 1 aromatic carbocycles. The summed E-state index contributed by atoms with van der Waals surface area (Å²) in [5, 5.41) is 15.1. The predicted molar refractivity (Wildman–Crippen MR) is 85.2 cm³/mol. The largest absolute Gasteiger partial charge is 0.368 e. The van der Waals surface area contributed by atoms with Crippen molar-refractivity contribution in [3.05, 3.63) is 52.7 Å². The first-order chi connectivity index (χ1) is 11.4. The van der Waals surface area contributed by atoms with Gasteiger partial charge in [0.1, 0.15) is 11.1 Å². The van der Waals surface area contributed by atoms with Gasteiger partial charge in [0.15, 0.2) is 5.82 Å². The number of benzene rings is 1. The number of nitrogens with zero attached hydrogens (tertiary/aromatic N) is 6. The summed E-state index contributed by atoms with van der Waals surface area (Å²) in [6.07, 6.45) is 1.85. The fraction of sp³-hybridized carbons (Fsp3) is 0.333. The average Bonchev–Trinajstić information content (AvgIpc) is 3.28. The van der Waals surface area contributed by atoms with E-state index in [-0.39, 0.29) is 6.10 Å². The van der Waals surface area contributed by atoms with Gasteiger partial charge in [-0.1, -0.05) is 18.2 Å². The van der Waals surface area contributed by atoms with Crippen molar-refractivity contribution in [3.63, 3.8) is 0 Å². The third-order valence-electron chi connectivity index (χ3n) is 3.78. The zero-order valence-corrected chi connectivity index (χ0v) is 13.3. The first kappa shape index (κ1) is 14.4. The second-order valence-electron chi connectivity index (χ2n) is 5.31. The maximum absolute atomic E-state index is 5.83. The molecule has 0 spiro atoms. The predicted octanol–water partition coefficient (Wildman–Crippen LogP) is 1.69. The van der Waals surface area contributed by atoms with Crippen LogP contribution in [0.3, 0.4) is 0 Å². The van der Waals surface area contributed by atoms with E-state index in [9.17, 15) is 0 Å². The molecule has 3 heterocycles. The Morgan fingerprint density at radius 3 is 3.00 bits per heavy atom. The molecule has 1 saturated heterocycles. The van der Waals surface area contributed by atoms with Crippen molar-refractivity contribution in [1.82, 2.24) is 30.1 Å². The lowest BCUT2D eigenvalue weighted by atomic mass is 10.2. The van der Waals surface area contributed by atoms with Crippen molar-refractivity contribution in [2.75, 3.05) is 19.7 Å². The Balaban J connectivity index is 1.49. The van der Waals surface area contributed by atoms with Gasteiger partial charge in [0, 0.05) is 24.7 Å². The van der Waals surface area contributed by atoms with Crippen molar-refractivity contribution in [2.45, 2.75) is 12.6 Å². The Hall–Kier alpha value is -2.16. The van der Waals surface area contributed by atoms with Crippen molar-refractivity contribution < 1.29 is 4.74 Å². The Morgan fingerprint density at radius 2 is 2.17 bits per heavy atom. The minimum Gasteiger partial charge on any atom is -0.368 e. The van der Waals surface area contributed by atoms with E-state index in [1.165, 1.54) is 0 Å². The fourth-order valence-corrected chi connectivity index (χ4v) is 3.34. The third-order valence-corrected chi connectivity index (χ3v) is 4.64. The summed E-state index contributed by atoms with van der Waals surface area (Å²) in [7, 11) is 0. The monoisotopic (exact) mass is 328 g/mol. The number of morpholine rings is 1. The lowest BCUT2D eigenvalue weighted by Crippen LogP contribution is -2.38. The zero-order chi connectivity index (χ0) is 15.5. The minimum absolute atomic E-state index is 0.0322. The van der Waals surface area contributed by atoms with Gasteiger partial charge in [0.05, 0.1) is 18.8 Å². The van der Waals surface area contributed by atoms with Gasteiger partial charge in [-0.2, -0.15) is 4.68 Å². The van der Waals surface area contributed by atoms with Crippen LogP contribution >= 0.6 is 11.3 Å². The van der Waals surface area contributed by atoms with Gasteiger partial charge in [0.25, 0.3) is 0 Å². The highest BCUT2D eigenvalue weighted by molar-refractivity contribution is 7.09. The third kappa shape index (κ3) is 3.14. The zero-order valence-electron chi connectivity index (χ0n) is 12.4. The van der Waals surface area contributed by atoms with E-state index >= 15 is 0 Å². The highest BCUT2D eigenvalue weighted by Crippen LogP contribution is 2.24.